The molecule has 0 radical (unpaired) electrons. The SMILES string of the molecule is CC1(C)CC(NC(=O)c2cnc[nH]2)CC(Nc2nc(Cl)ncc2F)C1. The highest BCUT2D eigenvalue weighted by atomic mass is 35.5. The first kappa shape index (κ1) is 17.6. The third kappa shape index (κ3) is 4.45. The number of aromatic amines is 1. The summed E-state index contributed by atoms with van der Waals surface area (Å²) in [6, 6.07) is -0.0892. The molecule has 1 saturated carbocycles. The van der Waals surface area contributed by atoms with Gasteiger partial charge in [0.15, 0.2) is 11.6 Å². The minimum atomic E-state index is -0.550. The smallest absolute Gasteiger partial charge is 0.269 e. The van der Waals surface area contributed by atoms with Gasteiger partial charge in [0, 0.05) is 12.1 Å². The monoisotopic (exact) mass is 366 g/mol. The number of H-pyrrole nitrogens is 1. The van der Waals surface area contributed by atoms with E-state index in [1.807, 2.05) is 0 Å². The summed E-state index contributed by atoms with van der Waals surface area (Å²) in [5, 5.41) is 6.11. The van der Waals surface area contributed by atoms with Crippen molar-refractivity contribution in [2.45, 2.75) is 45.2 Å². The molecule has 9 heteroatoms. The Balaban J connectivity index is 1.70. The predicted molar refractivity (Wildman–Crippen MR) is 91.9 cm³/mol. The summed E-state index contributed by atoms with van der Waals surface area (Å²) in [5.74, 6) is -0.664. The van der Waals surface area contributed by atoms with Crippen molar-refractivity contribution in [2.75, 3.05) is 5.32 Å². The topological polar surface area (TPSA) is 95.6 Å². The zero-order valence-corrected chi connectivity index (χ0v) is 14.8. The molecule has 134 valence electrons. The number of amides is 1. The van der Waals surface area contributed by atoms with Gasteiger partial charge in [0.2, 0.25) is 5.28 Å². The molecule has 1 amide bonds. The lowest BCUT2D eigenvalue weighted by Gasteiger charge is -2.40. The molecule has 1 aliphatic carbocycles. The van der Waals surface area contributed by atoms with Crippen LogP contribution in [0, 0.1) is 11.2 Å². The number of halogens is 2. The van der Waals surface area contributed by atoms with Crippen molar-refractivity contribution in [3.8, 4) is 0 Å². The normalized spacial score (nSPS) is 22.4. The van der Waals surface area contributed by atoms with Gasteiger partial charge in [-0.15, -0.1) is 0 Å². The molecule has 0 aromatic carbocycles. The molecule has 3 N–H and O–H groups in total. The minimum absolute atomic E-state index is 0.0110. The summed E-state index contributed by atoms with van der Waals surface area (Å²) in [5.41, 5.74) is 0.399. The zero-order valence-electron chi connectivity index (χ0n) is 14.0. The number of anilines is 1. The van der Waals surface area contributed by atoms with Crippen molar-refractivity contribution in [1.29, 1.82) is 0 Å². The summed E-state index contributed by atoms with van der Waals surface area (Å²) in [6.45, 7) is 4.25. The van der Waals surface area contributed by atoms with Gasteiger partial charge in [0.25, 0.3) is 5.91 Å². The Morgan fingerprint density at radius 3 is 2.84 bits per heavy atom. The fourth-order valence-electron chi connectivity index (χ4n) is 3.43. The summed E-state index contributed by atoms with van der Waals surface area (Å²) >= 11 is 5.75. The van der Waals surface area contributed by atoms with E-state index in [0.29, 0.717) is 12.1 Å². The van der Waals surface area contributed by atoms with E-state index in [0.717, 1.165) is 19.0 Å². The van der Waals surface area contributed by atoms with E-state index in [1.54, 1.807) is 0 Å². The van der Waals surface area contributed by atoms with E-state index >= 15 is 0 Å². The van der Waals surface area contributed by atoms with Crippen LogP contribution in [0.1, 0.15) is 43.6 Å². The predicted octanol–water partition coefficient (Wildman–Crippen LogP) is 2.78. The van der Waals surface area contributed by atoms with E-state index in [1.165, 1.54) is 12.5 Å². The summed E-state index contributed by atoms with van der Waals surface area (Å²) in [4.78, 5) is 26.4. The first-order chi connectivity index (χ1) is 11.8. The second kappa shape index (κ2) is 6.95. The van der Waals surface area contributed by atoms with Crippen LogP contribution in [-0.2, 0) is 0 Å². The Morgan fingerprint density at radius 1 is 1.36 bits per heavy atom. The fourth-order valence-corrected chi connectivity index (χ4v) is 3.56. The second-order valence-corrected chi connectivity index (χ2v) is 7.46. The average Bonchev–Trinajstić information content (AvgIpc) is 3.04. The molecule has 0 saturated heterocycles. The maximum Gasteiger partial charge on any atom is 0.269 e. The van der Waals surface area contributed by atoms with Gasteiger partial charge < -0.3 is 15.6 Å². The maximum atomic E-state index is 13.9. The molecule has 25 heavy (non-hydrogen) atoms. The lowest BCUT2D eigenvalue weighted by Crippen LogP contribution is -2.47. The molecule has 1 fully saturated rings. The molecular formula is C16H20ClFN6O. The number of carbonyl (C=O) groups excluding carboxylic acids is 1. The Kier molecular flexibility index (Phi) is 4.89. The van der Waals surface area contributed by atoms with Crippen LogP contribution in [0.3, 0.4) is 0 Å². The van der Waals surface area contributed by atoms with Crippen molar-refractivity contribution in [3.63, 3.8) is 0 Å². The van der Waals surface area contributed by atoms with E-state index in [4.69, 9.17) is 11.6 Å². The van der Waals surface area contributed by atoms with Gasteiger partial charge in [0.05, 0.1) is 18.7 Å². The van der Waals surface area contributed by atoms with Crippen LogP contribution in [-0.4, -0.2) is 37.9 Å². The number of hydrogen-bond donors (Lipinski definition) is 3. The van der Waals surface area contributed by atoms with Crippen molar-refractivity contribution in [1.82, 2.24) is 25.3 Å². The number of nitrogens with one attached hydrogen (secondary N) is 3. The summed E-state index contributed by atoms with van der Waals surface area (Å²) in [6.07, 6.45) is 6.30. The maximum absolute atomic E-state index is 13.9. The lowest BCUT2D eigenvalue weighted by molar-refractivity contribution is 0.0893. The van der Waals surface area contributed by atoms with E-state index in [2.05, 4.69) is 44.4 Å². The summed E-state index contributed by atoms with van der Waals surface area (Å²) in [7, 11) is 0. The van der Waals surface area contributed by atoms with Gasteiger partial charge >= 0.3 is 0 Å². The number of hydrogen-bond acceptors (Lipinski definition) is 5. The molecule has 0 bridgehead atoms. The van der Waals surface area contributed by atoms with Gasteiger partial charge in [-0.3, -0.25) is 4.79 Å². The van der Waals surface area contributed by atoms with Crippen LogP contribution in [0.5, 0.6) is 0 Å². The van der Waals surface area contributed by atoms with Crippen LogP contribution in [0.15, 0.2) is 18.7 Å². The highest BCUT2D eigenvalue weighted by Crippen LogP contribution is 2.37. The molecule has 2 aromatic heterocycles. The largest absolute Gasteiger partial charge is 0.365 e. The van der Waals surface area contributed by atoms with Gasteiger partial charge in [-0.25, -0.2) is 14.4 Å². The molecule has 2 heterocycles. The highest BCUT2D eigenvalue weighted by Gasteiger charge is 2.35. The number of aromatic nitrogens is 4. The van der Waals surface area contributed by atoms with Crippen LogP contribution >= 0.6 is 11.6 Å². The van der Waals surface area contributed by atoms with E-state index in [9.17, 15) is 9.18 Å². The number of nitrogens with zero attached hydrogens (tertiary/aromatic N) is 3. The Hall–Kier alpha value is -2.22. The Bertz CT molecular complexity index is 751. The van der Waals surface area contributed by atoms with Crippen LogP contribution in [0.25, 0.3) is 0 Å². The standard InChI is InChI=1S/C16H20ClFN6O/c1-16(2)4-9(22-13-11(18)6-20-15(17)24-13)3-10(5-16)23-14(25)12-7-19-8-21-12/h6-10H,3-5H2,1-2H3,(H,19,21)(H,23,25)(H,20,22,24). The van der Waals surface area contributed by atoms with Crippen LogP contribution < -0.4 is 10.6 Å². The molecule has 0 spiro atoms. The molecule has 1 aliphatic rings. The number of rotatable bonds is 4. The molecule has 0 aliphatic heterocycles. The average molecular weight is 367 g/mol. The lowest BCUT2D eigenvalue weighted by atomic mass is 9.72. The Morgan fingerprint density at radius 2 is 2.12 bits per heavy atom. The van der Waals surface area contributed by atoms with Crippen molar-refractivity contribution < 1.29 is 9.18 Å². The third-order valence-electron chi connectivity index (χ3n) is 4.30. The number of carbonyl (C=O) groups is 1. The van der Waals surface area contributed by atoms with Crippen molar-refractivity contribution in [3.05, 3.63) is 35.5 Å². The van der Waals surface area contributed by atoms with Crippen molar-refractivity contribution >= 4 is 23.3 Å². The van der Waals surface area contributed by atoms with Gasteiger partial charge in [-0.05, 0) is 36.3 Å². The first-order valence-corrected chi connectivity index (χ1v) is 8.44. The third-order valence-corrected chi connectivity index (χ3v) is 4.48. The van der Waals surface area contributed by atoms with Crippen molar-refractivity contribution in [2.24, 2.45) is 5.41 Å². The fraction of sp³-hybridized carbons (Fsp3) is 0.500. The molecule has 2 aromatic rings. The second-order valence-electron chi connectivity index (χ2n) is 7.12. The van der Waals surface area contributed by atoms with Gasteiger partial charge in [0.1, 0.15) is 5.69 Å². The first-order valence-electron chi connectivity index (χ1n) is 8.06. The molecule has 2 atom stereocenters. The molecular weight excluding hydrogens is 347 g/mol. The molecule has 3 rings (SSSR count). The van der Waals surface area contributed by atoms with Gasteiger partial charge in [-0.1, -0.05) is 13.8 Å². The summed E-state index contributed by atoms with van der Waals surface area (Å²) < 4.78 is 13.9. The zero-order chi connectivity index (χ0) is 18.0. The van der Waals surface area contributed by atoms with Crippen LogP contribution in [0.2, 0.25) is 5.28 Å². The molecule has 2 unspecified atom stereocenters. The van der Waals surface area contributed by atoms with Gasteiger partial charge in [-0.2, -0.15) is 4.98 Å². The van der Waals surface area contributed by atoms with E-state index < -0.39 is 5.82 Å². The molecule has 7 nitrogen and oxygen atoms in total. The number of imidazole rings is 1. The van der Waals surface area contributed by atoms with Crippen LogP contribution in [0.4, 0.5) is 10.2 Å². The Labute approximate surface area is 149 Å². The van der Waals surface area contributed by atoms with E-state index in [-0.39, 0.29) is 34.5 Å². The highest BCUT2D eigenvalue weighted by molar-refractivity contribution is 6.28. The minimum Gasteiger partial charge on any atom is -0.365 e. The quantitative estimate of drug-likeness (QED) is 0.723.